The standard InChI is InChI=1S/C23H26N4O5S2/c1-26(2)34(28,29)21-13-20(32-5)19(31-4)11-16(21)12-22-24-25-23-27(22)14-18(33-23)10-15-7-6-8-17(9-15)30-3/h6-9,11,13-14H,10,12H2,1-5H3. The SMILES string of the molecule is COc1cccc(Cc2cn3c(Cc4cc(OC)c(OC)cc4S(=O)(=O)N(C)C)nnc3s2)c1. The van der Waals surface area contributed by atoms with E-state index in [-0.39, 0.29) is 11.3 Å². The van der Waals surface area contributed by atoms with Crippen LogP contribution in [-0.4, -0.2) is 62.7 Å². The van der Waals surface area contributed by atoms with Gasteiger partial charge in [0.1, 0.15) is 11.6 Å². The molecule has 11 heteroatoms. The molecule has 0 radical (unpaired) electrons. The number of nitrogens with zero attached hydrogens (tertiary/aromatic N) is 4. The molecule has 4 aromatic rings. The third-order valence-corrected chi connectivity index (χ3v) is 8.29. The fourth-order valence-electron chi connectivity index (χ4n) is 3.63. The number of rotatable bonds is 9. The van der Waals surface area contributed by atoms with Crippen LogP contribution in [0.1, 0.15) is 21.8 Å². The van der Waals surface area contributed by atoms with Gasteiger partial charge in [-0.3, -0.25) is 4.40 Å². The Labute approximate surface area is 202 Å². The molecule has 0 spiro atoms. The average Bonchev–Trinajstić information content (AvgIpc) is 3.39. The summed E-state index contributed by atoms with van der Waals surface area (Å²) in [5, 5.41) is 8.62. The van der Waals surface area contributed by atoms with Gasteiger partial charge in [0.05, 0.1) is 26.2 Å². The quantitative estimate of drug-likeness (QED) is 0.347. The first-order valence-electron chi connectivity index (χ1n) is 10.4. The molecular formula is C23H26N4O5S2. The number of methoxy groups -OCH3 is 3. The van der Waals surface area contributed by atoms with Gasteiger partial charge in [0.25, 0.3) is 0 Å². The number of sulfonamides is 1. The van der Waals surface area contributed by atoms with E-state index in [9.17, 15) is 8.42 Å². The van der Waals surface area contributed by atoms with Gasteiger partial charge in [-0.2, -0.15) is 0 Å². The molecule has 0 amide bonds. The van der Waals surface area contributed by atoms with Crippen molar-refractivity contribution in [3.8, 4) is 17.2 Å². The zero-order valence-corrected chi connectivity index (χ0v) is 21.2. The molecule has 0 aliphatic rings. The van der Waals surface area contributed by atoms with Crippen molar-refractivity contribution >= 4 is 26.3 Å². The van der Waals surface area contributed by atoms with E-state index in [1.807, 2.05) is 34.9 Å². The molecule has 9 nitrogen and oxygen atoms in total. The minimum absolute atomic E-state index is 0.138. The molecule has 2 aromatic carbocycles. The van der Waals surface area contributed by atoms with Gasteiger partial charge in [-0.25, -0.2) is 12.7 Å². The second-order valence-electron chi connectivity index (χ2n) is 7.77. The van der Waals surface area contributed by atoms with E-state index in [0.717, 1.165) is 27.6 Å². The van der Waals surface area contributed by atoms with E-state index in [1.54, 1.807) is 24.5 Å². The highest BCUT2D eigenvalue weighted by atomic mass is 32.2. The summed E-state index contributed by atoms with van der Waals surface area (Å²) in [5.74, 6) is 2.23. The lowest BCUT2D eigenvalue weighted by Gasteiger charge is -2.17. The second kappa shape index (κ2) is 9.61. The number of aromatic nitrogens is 3. The van der Waals surface area contributed by atoms with Crippen molar-refractivity contribution in [2.75, 3.05) is 35.4 Å². The van der Waals surface area contributed by atoms with E-state index in [4.69, 9.17) is 14.2 Å². The van der Waals surface area contributed by atoms with Gasteiger partial charge in [0, 0.05) is 44.1 Å². The zero-order chi connectivity index (χ0) is 24.5. The second-order valence-corrected chi connectivity index (χ2v) is 11.0. The van der Waals surface area contributed by atoms with E-state index in [2.05, 4.69) is 10.2 Å². The van der Waals surface area contributed by atoms with E-state index in [0.29, 0.717) is 22.9 Å². The van der Waals surface area contributed by atoms with E-state index >= 15 is 0 Å². The fourth-order valence-corrected chi connectivity index (χ4v) is 5.71. The molecule has 0 saturated heterocycles. The largest absolute Gasteiger partial charge is 0.497 e. The summed E-state index contributed by atoms with van der Waals surface area (Å²) in [6, 6.07) is 11.1. The van der Waals surface area contributed by atoms with Crippen LogP contribution >= 0.6 is 11.3 Å². The van der Waals surface area contributed by atoms with Gasteiger partial charge in [0.15, 0.2) is 11.5 Å². The van der Waals surface area contributed by atoms with Gasteiger partial charge < -0.3 is 14.2 Å². The molecule has 0 bridgehead atoms. The van der Waals surface area contributed by atoms with Crippen molar-refractivity contribution in [1.29, 1.82) is 0 Å². The highest BCUT2D eigenvalue weighted by molar-refractivity contribution is 7.89. The van der Waals surface area contributed by atoms with Crippen molar-refractivity contribution < 1.29 is 22.6 Å². The lowest BCUT2D eigenvalue weighted by molar-refractivity contribution is 0.353. The molecular weight excluding hydrogens is 476 g/mol. The summed E-state index contributed by atoms with van der Waals surface area (Å²) in [7, 11) is 3.89. The maximum Gasteiger partial charge on any atom is 0.242 e. The third kappa shape index (κ3) is 4.59. The third-order valence-electron chi connectivity index (χ3n) is 5.42. The van der Waals surface area contributed by atoms with Crippen molar-refractivity contribution in [2.24, 2.45) is 0 Å². The minimum atomic E-state index is -3.73. The van der Waals surface area contributed by atoms with Crippen LogP contribution in [0.25, 0.3) is 4.96 Å². The smallest absolute Gasteiger partial charge is 0.242 e. The van der Waals surface area contributed by atoms with Crippen LogP contribution in [0.15, 0.2) is 47.5 Å². The molecule has 2 aromatic heterocycles. The normalized spacial score (nSPS) is 11.8. The first-order chi connectivity index (χ1) is 16.3. The van der Waals surface area contributed by atoms with Crippen LogP contribution in [0, 0.1) is 0 Å². The van der Waals surface area contributed by atoms with Crippen LogP contribution in [0.5, 0.6) is 17.2 Å². The predicted octanol–water partition coefficient (Wildman–Crippen LogP) is 3.25. The number of hydrogen-bond acceptors (Lipinski definition) is 8. The molecule has 180 valence electrons. The van der Waals surface area contributed by atoms with Crippen LogP contribution in [0.4, 0.5) is 0 Å². The number of hydrogen-bond donors (Lipinski definition) is 0. The Morgan fingerprint density at radius 1 is 0.971 bits per heavy atom. The Bertz CT molecular complexity index is 1430. The monoisotopic (exact) mass is 502 g/mol. The summed E-state index contributed by atoms with van der Waals surface area (Å²) >= 11 is 1.54. The van der Waals surface area contributed by atoms with Crippen LogP contribution < -0.4 is 14.2 Å². The first kappa shape index (κ1) is 24.0. The molecule has 2 heterocycles. The molecule has 0 saturated carbocycles. The molecule has 0 atom stereocenters. The molecule has 0 N–H and O–H groups in total. The Balaban J connectivity index is 1.72. The first-order valence-corrected chi connectivity index (χ1v) is 12.6. The zero-order valence-electron chi connectivity index (χ0n) is 19.6. The highest BCUT2D eigenvalue weighted by Crippen LogP contribution is 2.35. The molecule has 0 aliphatic carbocycles. The van der Waals surface area contributed by atoms with Crippen molar-refractivity contribution in [1.82, 2.24) is 18.9 Å². The lowest BCUT2D eigenvalue weighted by Crippen LogP contribution is -2.23. The highest BCUT2D eigenvalue weighted by Gasteiger charge is 2.25. The van der Waals surface area contributed by atoms with Crippen LogP contribution in [-0.2, 0) is 22.9 Å². The molecule has 4 rings (SSSR count). The Morgan fingerprint density at radius 2 is 1.71 bits per heavy atom. The van der Waals surface area contributed by atoms with Gasteiger partial charge in [-0.15, -0.1) is 10.2 Å². The summed E-state index contributed by atoms with van der Waals surface area (Å²) in [5.41, 5.74) is 1.67. The average molecular weight is 503 g/mol. The summed E-state index contributed by atoms with van der Waals surface area (Å²) < 4.78 is 45.3. The summed E-state index contributed by atoms with van der Waals surface area (Å²) in [6.45, 7) is 0. The molecule has 0 aliphatic heterocycles. The van der Waals surface area contributed by atoms with Crippen molar-refractivity contribution in [2.45, 2.75) is 17.7 Å². The summed E-state index contributed by atoms with van der Waals surface area (Å²) in [6.07, 6.45) is 2.97. The van der Waals surface area contributed by atoms with Crippen LogP contribution in [0.3, 0.4) is 0 Å². The topological polar surface area (TPSA) is 95.3 Å². The van der Waals surface area contributed by atoms with Crippen LogP contribution in [0.2, 0.25) is 0 Å². The van der Waals surface area contributed by atoms with Gasteiger partial charge in [0.2, 0.25) is 15.0 Å². The number of ether oxygens (including phenoxy) is 3. The Hall–Kier alpha value is -3.15. The van der Waals surface area contributed by atoms with Crippen molar-refractivity contribution in [3.05, 3.63) is 64.4 Å². The number of benzene rings is 2. The maximum absolute atomic E-state index is 13.1. The van der Waals surface area contributed by atoms with Gasteiger partial charge in [-0.1, -0.05) is 23.5 Å². The maximum atomic E-state index is 13.1. The Morgan fingerprint density at radius 3 is 2.38 bits per heavy atom. The van der Waals surface area contributed by atoms with E-state index in [1.165, 1.54) is 38.7 Å². The molecule has 34 heavy (non-hydrogen) atoms. The van der Waals surface area contributed by atoms with Gasteiger partial charge >= 0.3 is 0 Å². The van der Waals surface area contributed by atoms with E-state index < -0.39 is 10.0 Å². The van der Waals surface area contributed by atoms with Gasteiger partial charge in [-0.05, 0) is 29.3 Å². The Kier molecular flexibility index (Phi) is 6.78. The number of fused-ring (bicyclic) bond motifs is 1. The fraction of sp³-hybridized carbons (Fsp3) is 0.304. The molecule has 0 unspecified atom stereocenters. The minimum Gasteiger partial charge on any atom is -0.497 e. The predicted molar refractivity (Wildman–Crippen MR) is 130 cm³/mol. The molecule has 0 fully saturated rings. The summed E-state index contributed by atoms with van der Waals surface area (Å²) in [4.78, 5) is 1.98. The lowest BCUT2D eigenvalue weighted by atomic mass is 10.1. The van der Waals surface area contributed by atoms with Crippen molar-refractivity contribution in [3.63, 3.8) is 0 Å². The number of thiazole rings is 1.